The predicted molar refractivity (Wildman–Crippen MR) is 63.9 cm³/mol. The smallest absolute Gasteiger partial charge is 0.264 e. The van der Waals surface area contributed by atoms with Gasteiger partial charge in [0, 0.05) is 6.54 Å². The second-order valence-electron chi connectivity index (χ2n) is 3.90. The van der Waals surface area contributed by atoms with Crippen LogP contribution in [0.15, 0.2) is 18.2 Å². The van der Waals surface area contributed by atoms with Crippen molar-refractivity contribution in [2.45, 2.75) is 19.9 Å². The molecule has 0 aliphatic rings. The van der Waals surface area contributed by atoms with Gasteiger partial charge < -0.3 is 5.32 Å². The van der Waals surface area contributed by atoms with E-state index in [0.717, 1.165) is 5.56 Å². The van der Waals surface area contributed by atoms with E-state index in [9.17, 15) is 12.8 Å². The summed E-state index contributed by atoms with van der Waals surface area (Å²) in [6.07, 6.45) is 0.346. The van der Waals surface area contributed by atoms with E-state index in [1.165, 1.54) is 6.07 Å². The molecule has 96 valence electrons. The first-order valence-electron chi connectivity index (χ1n) is 5.29. The first kappa shape index (κ1) is 14.1. The van der Waals surface area contributed by atoms with Crippen molar-refractivity contribution in [2.75, 3.05) is 12.3 Å². The molecule has 4 nitrogen and oxygen atoms in total. The minimum atomic E-state index is -3.87. The van der Waals surface area contributed by atoms with Crippen molar-refractivity contribution in [1.82, 2.24) is 5.32 Å². The molecule has 0 aliphatic carbocycles. The minimum Gasteiger partial charge on any atom is -0.313 e. The molecule has 2 N–H and O–H groups in total. The number of nitrogens with one attached hydrogen (secondary N) is 1. The van der Waals surface area contributed by atoms with Crippen LogP contribution in [-0.4, -0.2) is 25.3 Å². The average Bonchev–Trinajstić information content (AvgIpc) is 2.21. The van der Waals surface area contributed by atoms with Gasteiger partial charge in [-0.15, -0.1) is 0 Å². The number of hydrogen-bond donors (Lipinski definition) is 2. The lowest BCUT2D eigenvalue weighted by molar-refractivity contribution is 0.479. The van der Waals surface area contributed by atoms with E-state index in [0.29, 0.717) is 25.1 Å². The van der Waals surface area contributed by atoms with Gasteiger partial charge in [-0.25, -0.2) is 4.39 Å². The standard InChI is InChI=1S/C11H16FNO3S/c1-9-7-10(3-4-11(9)12)8-13-5-2-6-17(14,15)16/h3-4,7,13H,2,5-6,8H2,1H3,(H,14,15,16). The molecule has 0 aromatic heterocycles. The SMILES string of the molecule is Cc1cc(CNCCCS(=O)(=O)O)ccc1F. The minimum absolute atomic E-state index is 0.236. The Kier molecular flexibility index (Phi) is 5.04. The van der Waals surface area contributed by atoms with Gasteiger partial charge in [0.1, 0.15) is 5.82 Å². The molecule has 0 radical (unpaired) electrons. The van der Waals surface area contributed by atoms with Crippen LogP contribution in [0.4, 0.5) is 4.39 Å². The molecule has 0 atom stereocenters. The summed E-state index contributed by atoms with van der Waals surface area (Å²) in [5, 5.41) is 3.02. The van der Waals surface area contributed by atoms with Crippen LogP contribution in [0.25, 0.3) is 0 Å². The number of halogens is 1. The molecule has 0 amide bonds. The largest absolute Gasteiger partial charge is 0.313 e. The topological polar surface area (TPSA) is 66.4 Å². The highest BCUT2D eigenvalue weighted by Crippen LogP contribution is 2.08. The summed E-state index contributed by atoms with van der Waals surface area (Å²) in [6.45, 7) is 2.72. The molecule has 0 spiro atoms. The number of rotatable bonds is 6. The van der Waals surface area contributed by atoms with Gasteiger partial charge in [-0.2, -0.15) is 8.42 Å². The third-order valence-corrected chi connectivity index (χ3v) is 3.11. The van der Waals surface area contributed by atoms with Crippen molar-refractivity contribution in [3.63, 3.8) is 0 Å². The molecular weight excluding hydrogens is 245 g/mol. The Hall–Kier alpha value is -0.980. The van der Waals surface area contributed by atoms with Crippen molar-refractivity contribution in [3.8, 4) is 0 Å². The van der Waals surface area contributed by atoms with E-state index in [-0.39, 0.29) is 11.6 Å². The fraction of sp³-hybridized carbons (Fsp3) is 0.455. The van der Waals surface area contributed by atoms with Crippen LogP contribution in [0.1, 0.15) is 17.5 Å². The Morgan fingerprint density at radius 2 is 2.12 bits per heavy atom. The number of benzene rings is 1. The molecule has 0 aliphatic heterocycles. The quantitative estimate of drug-likeness (QED) is 0.601. The highest BCUT2D eigenvalue weighted by Gasteiger charge is 2.03. The maximum atomic E-state index is 13.0. The number of aryl methyl sites for hydroxylation is 1. The third-order valence-electron chi connectivity index (χ3n) is 2.31. The zero-order chi connectivity index (χ0) is 12.9. The predicted octanol–water partition coefficient (Wildman–Crippen LogP) is 1.50. The second kappa shape index (κ2) is 6.09. The van der Waals surface area contributed by atoms with Crippen LogP contribution in [0.3, 0.4) is 0 Å². The Labute approximate surface area is 101 Å². The fourth-order valence-electron chi connectivity index (χ4n) is 1.43. The first-order chi connectivity index (χ1) is 7.88. The summed E-state index contributed by atoms with van der Waals surface area (Å²) < 4.78 is 42.3. The highest BCUT2D eigenvalue weighted by atomic mass is 32.2. The van der Waals surface area contributed by atoms with Crippen LogP contribution in [-0.2, 0) is 16.7 Å². The van der Waals surface area contributed by atoms with Gasteiger partial charge in [0.15, 0.2) is 0 Å². The van der Waals surface area contributed by atoms with Gasteiger partial charge in [-0.05, 0) is 37.1 Å². The van der Waals surface area contributed by atoms with Gasteiger partial charge in [0.05, 0.1) is 5.75 Å². The average molecular weight is 261 g/mol. The van der Waals surface area contributed by atoms with Crippen LogP contribution in [0.5, 0.6) is 0 Å². The monoisotopic (exact) mass is 261 g/mol. The summed E-state index contributed by atoms with van der Waals surface area (Å²) >= 11 is 0. The third kappa shape index (κ3) is 5.76. The lowest BCUT2D eigenvalue weighted by Gasteiger charge is -2.05. The second-order valence-corrected chi connectivity index (χ2v) is 5.47. The first-order valence-corrected chi connectivity index (χ1v) is 6.90. The molecule has 0 saturated heterocycles. The van der Waals surface area contributed by atoms with E-state index in [1.807, 2.05) is 0 Å². The van der Waals surface area contributed by atoms with Gasteiger partial charge in [0.2, 0.25) is 0 Å². The maximum Gasteiger partial charge on any atom is 0.264 e. The van der Waals surface area contributed by atoms with Crippen molar-refractivity contribution in [3.05, 3.63) is 35.1 Å². The summed E-state index contributed by atoms with van der Waals surface area (Å²) in [4.78, 5) is 0. The van der Waals surface area contributed by atoms with Crippen molar-refractivity contribution in [2.24, 2.45) is 0 Å². The molecule has 0 fully saturated rings. The fourth-order valence-corrected chi connectivity index (χ4v) is 1.94. The molecule has 1 rings (SSSR count). The van der Waals surface area contributed by atoms with Crippen LogP contribution in [0.2, 0.25) is 0 Å². The van der Waals surface area contributed by atoms with E-state index >= 15 is 0 Å². The Balaban J connectivity index is 2.29. The Bertz CT molecular complexity index is 474. The molecule has 17 heavy (non-hydrogen) atoms. The molecule has 0 bridgehead atoms. The lowest BCUT2D eigenvalue weighted by atomic mass is 10.1. The molecule has 0 unspecified atom stereocenters. The Morgan fingerprint density at radius 1 is 1.41 bits per heavy atom. The van der Waals surface area contributed by atoms with Gasteiger partial charge >= 0.3 is 0 Å². The van der Waals surface area contributed by atoms with Crippen LogP contribution in [0, 0.1) is 12.7 Å². The van der Waals surface area contributed by atoms with E-state index < -0.39 is 10.1 Å². The summed E-state index contributed by atoms with van der Waals surface area (Å²) in [5.41, 5.74) is 1.53. The summed E-state index contributed by atoms with van der Waals surface area (Å²) in [5.74, 6) is -0.484. The van der Waals surface area contributed by atoms with Gasteiger partial charge in [-0.1, -0.05) is 12.1 Å². The molecule has 1 aromatic rings. The van der Waals surface area contributed by atoms with Crippen molar-refractivity contribution >= 4 is 10.1 Å². The maximum absolute atomic E-state index is 13.0. The lowest BCUT2D eigenvalue weighted by Crippen LogP contribution is -2.18. The molecular formula is C11H16FNO3S. The van der Waals surface area contributed by atoms with Crippen LogP contribution >= 0.6 is 0 Å². The summed E-state index contributed by atoms with van der Waals surface area (Å²) in [6, 6.07) is 4.83. The van der Waals surface area contributed by atoms with E-state index in [1.54, 1.807) is 19.1 Å². The normalized spacial score (nSPS) is 11.7. The molecule has 1 aromatic carbocycles. The van der Waals surface area contributed by atoms with Gasteiger partial charge in [-0.3, -0.25) is 4.55 Å². The van der Waals surface area contributed by atoms with Crippen molar-refractivity contribution in [1.29, 1.82) is 0 Å². The van der Waals surface area contributed by atoms with E-state index in [4.69, 9.17) is 4.55 Å². The van der Waals surface area contributed by atoms with E-state index in [2.05, 4.69) is 5.32 Å². The zero-order valence-electron chi connectivity index (χ0n) is 9.61. The molecule has 0 saturated carbocycles. The Morgan fingerprint density at radius 3 is 2.71 bits per heavy atom. The van der Waals surface area contributed by atoms with Crippen LogP contribution < -0.4 is 5.32 Å². The highest BCUT2D eigenvalue weighted by molar-refractivity contribution is 7.85. The summed E-state index contributed by atoms with van der Waals surface area (Å²) in [7, 11) is -3.87. The van der Waals surface area contributed by atoms with Gasteiger partial charge in [0.25, 0.3) is 10.1 Å². The van der Waals surface area contributed by atoms with Crippen molar-refractivity contribution < 1.29 is 17.4 Å². The number of hydrogen-bond acceptors (Lipinski definition) is 3. The molecule has 6 heteroatoms. The zero-order valence-corrected chi connectivity index (χ0v) is 10.4. The molecule has 0 heterocycles.